The Balaban J connectivity index is 1.98. The Hall–Kier alpha value is -2.86. The number of anilines is 1. The average Bonchev–Trinajstić information content (AvgIpc) is 2.56. The molecule has 1 unspecified atom stereocenters. The summed E-state index contributed by atoms with van der Waals surface area (Å²) < 4.78 is 0. The molecule has 23 heavy (non-hydrogen) atoms. The fourth-order valence-corrected chi connectivity index (χ4v) is 2.14. The fourth-order valence-electron chi connectivity index (χ4n) is 2.14. The lowest BCUT2D eigenvalue weighted by Crippen LogP contribution is -2.31. The molecule has 0 spiro atoms. The van der Waals surface area contributed by atoms with Gasteiger partial charge in [0.25, 0.3) is 5.91 Å². The molecule has 0 aromatic heterocycles. The van der Waals surface area contributed by atoms with E-state index in [0.717, 1.165) is 16.8 Å². The Kier molecular flexibility index (Phi) is 5.32. The molecule has 6 nitrogen and oxygen atoms in total. The van der Waals surface area contributed by atoms with Crippen molar-refractivity contribution in [3.8, 4) is 0 Å². The number of urea groups is 1. The van der Waals surface area contributed by atoms with Crippen LogP contribution in [0.25, 0.3) is 0 Å². The number of carbonyl (C=O) groups excluding carboxylic acids is 2. The normalized spacial score (nSPS) is 11.4. The lowest BCUT2D eigenvalue weighted by Gasteiger charge is -2.16. The molecule has 0 aliphatic rings. The van der Waals surface area contributed by atoms with Gasteiger partial charge in [0.05, 0.1) is 6.04 Å². The second kappa shape index (κ2) is 7.42. The van der Waals surface area contributed by atoms with Gasteiger partial charge >= 0.3 is 6.03 Å². The van der Waals surface area contributed by atoms with Gasteiger partial charge in [0.1, 0.15) is 0 Å². The molecule has 120 valence electrons. The second-order valence-corrected chi connectivity index (χ2v) is 5.20. The lowest BCUT2D eigenvalue weighted by atomic mass is 10.1. The van der Waals surface area contributed by atoms with E-state index in [1.807, 2.05) is 38.1 Å². The van der Waals surface area contributed by atoms with Crippen LogP contribution in [0.2, 0.25) is 0 Å². The van der Waals surface area contributed by atoms with Gasteiger partial charge in [-0.15, -0.1) is 0 Å². The molecule has 0 radical (unpaired) electrons. The van der Waals surface area contributed by atoms with Crippen molar-refractivity contribution in [1.29, 1.82) is 0 Å². The minimum absolute atomic E-state index is 0.231. The van der Waals surface area contributed by atoms with E-state index in [0.29, 0.717) is 5.56 Å². The zero-order chi connectivity index (χ0) is 16.8. The first-order valence-corrected chi connectivity index (χ1v) is 7.19. The Labute approximate surface area is 134 Å². The molecule has 2 aromatic rings. The van der Waals surface area contributed by atoms with E-state index in [4.69, 9.17) is 5.21 Å². The zero-order valence-corrected chi connectivity index (χ0v) is 13.0. The van der Waals surface area contributed by atoms with Gasteiger partial charge in [-0.05, 0) is 43.2 Å². The standard InChI is InChI=1S/C17H19N3O3/c1-11-5-3-4-6-15(11)19-17(22)18-12(2)13-7-9-14(10-8-13)16(21)20-23/h3-10,12,23H,1-2H3,(H,20,21)(H2,18,19,22). The molecule has 0 aliphatic heterocycles. The first kappa shape index (κ1) is 16.5. The van der Waals surface area contributed by atoms with Crippen LogP contribution in [-0.4, -0.2) is 17.1 Å². The number of carbonyl (C=O) groups is 2. The van der Waals surface area contributed by atoms with Gasteiger partial charge in [-0.2, -0.15) is 0 Å². The third kappa shape index (κ3) is 4.31. The van der Waals surface area contributed by atoms with Crippen LogP contribution in [0.5, 0.6) is 0 Å². The van der Waals surface area contributed by atoms with Crippen LogP contribution in [0.3, 0.4) is 0 Å². The van der Waals surface area contributed by atoms with Crippen molar-refractivity contribution in [1.82, 2.24) is 10.8 Å². The highest BCUT2D eigenvalue weighted by Crippen LogP contribution is 2.16. The summed E-state index contributed by atoms with van der Waals surface area (Å²) in [4.78, 5) is 23.3. The van der Waals surface area contributed by atoms with Gasteiger partial charge in [-0.1, -0.05) is 30.3 Å². The quantitative estimate of drug-likeness (QED) is 0.516. The molecular formula is C17H19N3O3. The van der Waals surface area contributed by atoms with Crippen LogP contribution in [0.1, 0.15) is 34.5 Å². The summed E-state index contributed by atoms with van der Waals surface area (Å²) in [6.45, 7) is 3.77. The van der Waals surface area contributed by atoms with Gasteiger partial charge in [0.2, 0.25) is 0 Å². The molecule has 2 aromatic carbocycles. The number of aryl methyl sites for hydroxylation is 1. The van der Waals surface area contributed by atoms with E-state index >= 15 is 0 Å². The highest BCUT2D eigenvalue weighted by molar-refractivity contribution is 5.93. The van der Waals surface area contributed by atoms with Crippen molar-refractivity contribution in [3.63, 3.8) is 0 Å². The summed E-state index contributed by atoms with van der Waals surface area (Å²) in [6, 6.07) is 13.6. The van der Waals surface area contributed by atoms with Crippen LogP contribution in [-0.2, 0) is 0 Å². The van der Waals surface area contributed by atoms with Gasteiger partial charge in [0.15, 0.2) is 0 Å². The molecule has 3 amide bonds. The number of benzene rings is 2. The maximum atomic E-state index is 12.1. The first-order chi connectivity index (χ1) is 11.0. The van der Waals surface area contributed by atoms with Crippen LogP contribution in [0, 0.1) is 6.92 Å². The number of rotatable bonds is 4. The van der Waals surface area contributed by atoms with Crippen molar-refractivity contribution in [3.05, 3.63) is 65.2 Å². The molecule has 0 aliphatic carbocycles. The fraction of sp³-hybridized carbons (Fsp3) is 0.176. The highest BCUT2D eigenvalue weighted by Gasteiger charge is 2.11. The SMILES string of the molecule is Cc1ccccc1NC(=O)NC(C)c1ccc(C(=O)NO)cc1. The number of amides is 3. The Bertz CT molecular complexity index is 698. The third-order valence-corrected chi connectivity index (χ3v) is 3.52. The molecule has 0 saturated carbocycles. The molecule has 0 fully saturated rings. The largest absolute Gasteiger partial charge is 0.331 e. The number of para-hydroxylation sites is 1. The van der Waals surface area contributed by atoms with E-state index in [2.05, 4.69) is 10.6 Å². The average molecular weight is 313 g/mol. The zero-order valence-electron chi connectivity index (χ0n) is 13.0. The predicted molar refractivity (Wildman–Crippen MR) is 87.4 cm³/mol. The van der Waals surface area contributed by atoms with Crippen molar-refractivity contribution in [2.75, 3.05) is 5.32 Å². The van der Waals surface area contributed by atoms with Crippen molar-refractivity contribution < 1.29 is 14.8 Å². The summed E-state index contributed by atoms with van der Waals surface area (Å²) in [6.07, 6.45) is 0. The van der Waals surface area contributed by atoms with Crippen molar-refractivity contribution in [2.24, 2.45) is 0 Å². The molecule has 2 rings (SSSR count). The van der Waals surface area contributed by atoms with Crippen LogP contribution in [0.4, 0.5) is 10.5 Å². The maximum Gasteiger partial charge on any atom is 0.319 e. The smallest absolute Gasteiger partial charge is 0.319 e. The molecule has 0 heterocycles. The lowest BCUT2D eigenvalue weighted by molar-refractivity contribution is 0.0706. The van der Waals surface area contributed by atoms with E-state index in [1.165, 1.54) is 0 Å². The summed E-state index contributed by atoms with van der Waals surface area (Å²) >= 11 is 0. The summed E-state index contributed by atoms with van der Waals surface area (Å²) in [5, 5.41) is 14.2. The topological polar surface area (TPSA) is 90.5 Å². The molecule has 4 N–H and O–H groups in total. The van der Waals surface area contributed by atoms with E-state index in [9.17, 15) is 9.59 Å². The van der Waals surface area contributed by atoms with Crippen molar-refractivity contribution >= 4 is 17.6 Å². The number of hydrogen-bond acceptors (Lipinski definition) is 3. The molecule has 0 saturated heterocycles. The summed E-state index contributed by atoms with van der Waals surface area (Å²) in [5.74, 6) is -0.575. The maximum absolute atomic E-state index is 12.1. The van der Waals surface area contributed by atoms with Crippen LogP contribution >= 0.6 is 0 Å². The molecule has 0 bridgehead atoms. The van der Waals surface area contributed by atoms with E-state index in [-0.39, 0.29) is 12.1 Å². The van der Waals surface area contributed by atoms with Crippen molar-refractivity contribution in [2.45, 2.75) is 19.9 Å². The Morgan fingerprint density at radius 2 is 1.70 bits per heavy atom. The molecule has 6 heteroatoms. The first-order valence-electron chi connectivity index (χ1n) is 7.19. The van der Waals surface area contributed by atoms with Crippen LogP contribution in [0.15, 0.2) is 48.5 Å². The monoisotopic (exact) mass is 313 g/mol. The summed E-state index contributed by atoms with van der Waals surface area (Å²) in [5.41, 5.74) is 4.50. The molecule has 1 atom stereocenters. The van der Waals surface area contributed by atoms with Gasteiger partial charge in [-0.3, -0.25) is 10.0 Å². The minimum atomic E-state index is -0.575. The molecular weight excluding hydrogens is 294 g/mol. The van der Waals surface area contributed by atoms with Gasteiger partial charge < -0.3 is 10.6 Å². The van der Waals surface area contributed by atoms with E-state index < -0.39 is 5.91 Å². The summed E-state index contributed by atoms with van der Waals surface area (Å²) in [7, 11) is 0. The van der Waals surface area contributed by atoms with E-state index in [1.54, 1.807) is 29.7 Å². The number of hydrogen-bond donors (Lipinski definition) is 4. The van der Waals surface area contributed by atoms with Gasteiger partial charge in [0, 0.05) is 11.3 Å². The predicted octanol–water partition coefficient (Wildman–Crippen LogP) is 3.00. The Morgan fingerprint density at radius 3 is 2.30 bits per heavy atom. The number of nitrogens with one attached hydrogen (secondary N) is 3. The second-order valence-electron chi connectivity index (χ2n) is 5.20. The minimum Gasteiger partial charge on any atom is -0.331 e. The third-order valence-electron chi connectivity index (χ3n) is 3.52. The number of hydroxylamine groups is 1. The van der Waals surface area contributed by atoms with Gasteiger partial charge in [-0.25, -0.2) is 10.3 Å². The highest BCUT2D eigenvalue weighted by atomic mass is 16.5. The van der Waals surface area contributed by atoms with Crippen LogP contribution < -0.4 is 16.1 Å². The Morgan fingerprint density at radius 1 is 1.04 bits per heavy atom.